The molecule has 0 unspecified atom stereocenters. The highest BCUT2D eigenvalue weighted by molar-refractivity contribution is 5.96. The first-order valence-corrected chi connectivity index (χ1v) is 6.31. The molecule has 1 aromatic carbocycles. The number of aromatic amines is 2. The zero-order valence-electron chi connectivity index (χ0n) is 10.6. The Morgan fingerprint density at radius 3 is 2.35 bits per heavy atom. The maximum atomic E-state index is 3.49. The summed E-state index contributed by atoms with van der Waals surface area (Å²) in [5.74, 6) is 0.548. The summed E-state index contributed by atoms with van der Waals surface area (Å²) >= 11 is 0. The van der Waals surface area contributed by atoms with Crippen molar-refractivity contribution in [3.63, 3.8) is 0 Å². The average molecular weight is 226 g/mol. The van der Waals surface area contributed by atoms with Gasteiger partial charge in [-0.1, -0.05) is 20.8 Å². The molecule has 2 N–H and O–H groups in total. The van der Waals surface area contributed by atoms with E-state index in [-0.39, 0.29) is 0 Å². The second-order valence-electron chi connectivity index (χ2n) is 5.05. The normalized spacial score (nSPS) is 12.0. The van der Waals surface area contributed by atoms with E-state index in [4.69, 9.17) is 0 Å². The van der Waals surface area contributed by atoms with E-state index in [1.807, 2.05) is 0 Å². The van der Waals surface area contributed by atoms with Crippen LogP contribution in [0.2, 0.25) is 0 Å². The third-order valence-corrected chi connectivity index (χ3v) is 3.44. The van der Waals surface area contributed by atoms with Gasteiger partial charge in [0.1, 0.15) is 0 Å². The first-order chi connectivity index (χ1) is 8.17. The number of hydrogen-bond donors (Lipinski definition) is 2. The van der Waals surface area contributed by atoms with Crippen molar-refractivity contribution in [1.29, 1.82) is 0 Å². The van der Waals surface area contributed by atoms with Crippen LogP contribution in [0.5, 0.6) is 0 Å². The third-order valence-electron chi connectivity index (χ3n) is 3.44. The summed E-state index contributed by atoms with van der Waals surface area (Å²) in [5.41, 5.74) is 5.07. The molecule has 2 heteroatoms. The highest BCUT2D eigenvalue weighted by Gasteiger charge is 2.07. The molecule has 0 amide bonds. The van der Waals surface area contributed by atoms with E-state index < -0.39 is 0 Å². The Labute approximate surface area is 101 Å². The largest absolute Gasteiger partial charge is 0.358 e. The van der Waals surface area contributed by atoms with Gasteiger partial charge in [-0.15, -0.1) is 0 Å². The lowest BCUT2D eigenvalue weighted by Crippen LogP contribution is -1.84. The average Bonchev–Trinajstić information content (AvgIpc) is 2.87. The molecule has 0 aliphatic carbocycles. The van der Waals surface area contributed by atoms with E-state index in [0.29, 0.717) is 5.92 Å². The molecular formula is C15H18N2. The van der Waals surface area contributed by atoms with Crippen molar-refractivity contribution in [3.8, 4) is 0 Å². The molecule has 0 fully saturated rings. The van der Waals surface area contributed by atoms with E-state index in [1.165, 1.54) is 33.2 Å². The number of nitrogens with one attached hydrogen (secondary N) is 2. The van der Waals surface area contributed by atoms with Crippen LogP contribution in [0.4, 0.5) is 0 Å². The first-order valence-electron chi connectivity index (χ1n) is 6.31. The van der Waals surface area contributed by atoms with Crippen LogP contribution in [-0.2, 0) is 6.42 Å². The van der Waals surface area contributed by atoms with Gasteiger partial charge in [-0.25, -0.2) is 0 Å². The minimum Gasteiger partial charge on any atom is -0.358 e. The number of aromatic nitrogens is 2. The summed E-state index contributed by atoms with van der Waals surface area (Å²) in [6, 6.07) is 8.99. The number of benzene rings is 1. The van der Waals surface area contributed by atoms with Gasteiger partial charge in [0, 0.05) is 33.2 Å². The molecule has 3 rings (SSSR count). The predicted octanol–water partition coefficient (Wildman–Crippen LogP) is 4.34. The van der Waals surface area contributed by atoms with E-state index in [1.54, 1.807) is 0 Å². The van der Waals surface area contributed by atoms with Crippen molar-refractivity contribution in [2.24, 2.45) is 0 Å². The zero-order chi connectivity index (χ0) is 12.0. The Morgan fingerprint density at radius 1 is 0.941 bits per heavy atom. The lowest BCUT2D eigenvalue weighted by molar-refractivity contribution is 0.836. The number of hydrogen-bond acceptors (Lipinski definition) is 0. The van der Waals surface area contributed by atoms with Crippen LogP contribution in [0.25, 0.3) is 21.8 Å². The Hall–Kier alpha value is -1.70. The number of fused-ring (bicyclic) bond motifs is 2. The summed E-state index contributed by atoms with van der Waals surface area (Å²) in [4.78, 5) is 6.95. The quantitative estimate of drug-likeness (QED) is 0.651. The molecule has 2 nitrogen and oxygen atoms in total. The standard InChI is InChI=1S/C15H18N2/c1-4-12-6-10-5-11-7-13(9(2)3)17-15(11)8-14(10)16-12/h5-9,16-17H,4H2,1-3H3. The third kappa shape index (κ3) is 1.64. The Morgan fingerprint density at radius 2 is 1.65 bits per heavy atom. The molecule has 0 aliphatic heterocycles. The van der Waals surface area contributed by atoms with Gasteiger partial charge in [0.2, 0.25) is 0 Å². The van der Waals surface area contributed by atoms with Gasteiger partial charge in [-0.05, 0) is 36.6 Å². The van der Waals surface area contributed by atoms with E-state index in [9.17, 15) is 0 Å². The van der Waals surface area contributed by atoms with E-state index in [0.717, 1.165) is 6.42 Å². The highest BCUT2D eigenvalue weighted by Crippen LogP contribution is 2.26. The van der Waals surface area contributed by atoms with Gasteiger partial charge in [0.05, 0.1) is 0 Å². The summed E-state index contributed by atoms with van der Waals surface area (Å²) < 4.78 is 0. The Kier molecular flexibility index (Phi) is 2.25. The van der Waals surface area contributed by atoms with Crippen LogP contribution in [0, 0.1) is 0 Å². The van der Waals surface area contributed by atoms with Crippen LogP contribution in [-0.4, -0.2) is 9.97 Å². The zero-order valence-corrected chi connectivity index (χ0v) is 10.6. The van der Waals surface area contributed by atoms with E-state index >= 15 is 0 Å². The molecular weight excluding hydrogens is 208 g/mol. The number of rotatable bonds is 2. The summed E-state index contributed by atoms with van der Waals surface area (Å²) in [6.45, 7) is 6.60. The molecule has 0 radical (unpaired) electrons. The minimum absolute atomic E-state index is 0.548. The van der Waals surface area contributed by atoms with Crippen molar-refractivity contribution in [2.45, 2.75) is 33.1 Å². The molecule has 17 heavy (non-hydrogen) atoms. The maximum Gasteiger partial charge on any atom is 0.0477 e. The lowest BCUT2D eigenvalue weighted by atomic mass is 10.1. The van der Waals surface area contributed by atoms with Crippen molar-refractivity contribution in [3.05, 3.63) is 35.7 Å². The number of H-pyrrole nitrogens is 2. The molecule has 0 atom stereocenters. The second-order valence-corrected chi connectivity index (χ2v) is 5.05. The van der Waals surface area contributed by atoms with E-state index in [2.05, 4.69) is 55.0 Å². The minimum atomic E-state index is 0.548. The summed E-state index contributed by atoms with van der Waals surface area (Å²) in [5, 5.41) is 2.62. The lowest BCUT2D eigenvalue weighted by Gasteiger charge is -1.97. The summed E-state index contributed by atoms with van der Waals surface area (Å²) in [6.07, 6.45) is 1.06. The van der Waals surface area contributed by atoms with Crippen molar-refractivity contribution in [2.75, 3.05) is 0 Å². The Balaban J connectivity index is 2.24. The Bertz CT molecular complexity index is 620. The van der Waals surface area contributed by atoms with Gasteiger partial charge >= 0.3 is 0 Å². The molecule has 2 heterocycles. The summed E-state index contributed by atoms with van der Waals surface area (Å²) in [7, 11) is 0. The smallest absolute Gasteiger partial charge is 0.0477 e. The monoisotopic (exact) mass is 226 g/mol. The van der Waals surface area contributed by atoms with Crippen LogP contribution in [0.1, 0.15) is 38.1 Å². The van der Waals surface area contributed by atoms with Crippen molar-refractivity contribution in [1.82, 2.24) is 9.97 Å². The van der Waals surface area contributed by atoms with Crippen molar-refractivity contribution >= 4 is 21.8 Å². The molecule has 3 aromatic rings. The van der Waals surface area contributed by atoms with Gasteiger partial charge in [-0.3, -0.25) is 0 Å². The molecule has 2 aromatic heterocycles. The number of aryl methyl sites for hydroxylation is 1. The fraction of sp³-hybridized carbons (Fsp3) is 0.333. The SMILES string of the molecule is CCc1cc2cc3cc(C(C)C)[nH]c3cc2[nH]1. The molecule has 0 aliphatic rings. The van der Waals surface area contributed by atoms with Crippen LogP contribution in [0.3, 0.4) is 0 Å². The first kappa shape index (κ1) is 10.5. The predicted molar refractivity (Wildman–Crippen MR) is 73.6 cm³/mol. The van der Waals surface area contributed by atoms with Crippen LogP contribution < -0.4 is 0 Å². The van der Waals surface area contributed by atoms with Gasteiger partial charge in [-0.2, -0.15) is 0 Å². The maximum absolute atomic E-state index is 3.49. The molecule has 0 spiro atoms. The van der Waals surface area contributed by atoms with Gasteiger partial charge in [0.15, 0.2) is 0 Å². The van der Waals surface area contributed by atoms with Crippen LogP contribution >= 0.6 is 0 Å². The molecule has 88 valence electrons. The second kappa shape index (κ2) is 3.66. The topological polar surface area (TPSA) is 31.6 Å². The highest BCUT2D eigenvalue weighted by atomic mass is 14.7. The fourth-order valence-corrected chi connectivity index (χ4v) is 2.35. The fourth-order valence-electron chi connectivity index (χ4n) is 2.35. The van der Waals surface area contributed by atoms with Gasteiger partial charge in [0.25, 0.3) is 0 Å². The molecule has 0 bridgehead atoms. The van der Waals surface area contributed by atoms with Crippen molar-refractivity contribution < 1.29 is 0 Å². The molecule has 0 saturated carbocycles. The van der Waals surface area contributed by atoms with Gasteiger partial charge < -0.3 is 9.97 Å². The molecule has 0 saturated heterocycles. The van der Waals surface area contributed by atoms with Crippen LogP contribution in [0.15, 0.2) is 24.3 Å².